The zero-order valence-corrected chi connectivity index (χ0v) is 12.7. The molecule has 0 N–H and O–H groups in total. The summed E-state index contributed by atoms with van der Waals surface area (Å²) in [6, 6.07) is 11.6. The van der Waals surface area contributed by atoms with Crippen molar-refractivity contribution >= 4 is 20.9 Å². The van der Waals surface area contributed by atoms with Crippen LogP contribution in [-0.4, -0.2) is 12.4 Å². The number of benzene rings is 2. The van der Waals surface area contributed by atoms with Crippen LogP contribution in [0.2, 0.25) is 0 Å². The maximum Gasteiger partial charge on any atom is 0.268 e. The van der Waals surface area contributed by atoms with Gasteiger partial charge in [0.25, 0.3) is 10.0 Å². The Morgan fingerprint density at radius 3 is 2.35 bits per heavy atom. The second-order valence-corrected chi connectivity index (χ2v) is 6.76. The summed E-state index contributed by atoms with van der Waals surface area (Å²) >= 11 is 0. The molecule has 0 saturated heterocycles. The van der Waals surface area contributed by atoms with Gasteiger partial charge in [0.05, 0.1) is 10.5 Å². The number of hydrogen-bond acceptors (Lipinski definition) is 3. The second-order valence-electron chi connectivity index (χ2n) is 4.97. The average molecular weight is 332 g/mol. The molecule has 1 aromatic heterocycles. The molecule has 0 atom stereocenters. The molecule has 0 amide bonds. The molecular weight excluding hydrogens is 322 g/mol. The van der Waals surface area contributed by atoms with Gasteiger partial charge in [0, 0.05) is 11.1 Å². The van der Waals surface area contributed by atoms with Crippen LogP contribution in [0.1, 0.15) is 11.3 Å². The molecule has 0 aliphatic carbocycles. The Bertz CT molecular complexity index is 1070. The van der Waals surface area contributed by atoms with Gasteiger partial charge in [-0.05, 0) is 31.2 Å². The fourth-order valence-corrected chi connectivity index (χ4v) is 4.07. The second kappa shape index (κ2) is 5.18. The smallest absolute Gasteiger partial charge is 0.235 e. The molecule has 0 saturated carbocycles. The zero-order chi connectivity index (χ0) is 16.8. The van der Waals surface area contributed by atoms with Gasteiger partial charge in [-0.25, -0.2) is 21.2 Å². The Kier molecular flexibility index (Phi) is 3.42. The third kappa shape index (κ3) is 2.19. The molecule has 4 nitrogen and oxygen atoms in total. The quantitative estimate of drug-likeness (QED) is 0.723. The van der Waals surface area contributed by atoms with Crippen molar-refractivity contribution in [3.63, 3.8) is 0 Å². The lowest BCUT2D eigenvalue weighted by atomic mass is 10.1. The molecule has 0 spiro atoms. The van der Waals surface area contributed by atoms with Gasteiger partial charge in [-0.15, -0.1) is 0 Å². The Morgan fingerprint density at radius 2 is 1.74 bits per heavy atom. The highest BCUT2D eigenvalue weighted by Gasteiger charge is 2.26. The van der Waals surface area contributed by atoms with Gasteiger partial charge in [0.15, 0.2) is 11.6 Å². The maximum absolute atomic E-state index is 14.4. The largest absolute Gasteiger partial charge is 0.268 e. The van der Waals surface area contributed by atoms with Gasteiger partial charge in [-0.1, -0.05) is 18.2 Å². The number of aryl methyl sites for hydroxylation is 1. The molecule has 0 aliphatic rings. The number of nitrogens with zero attached hydrogens (tertiary/aromatic N) is 2. The normalized spacial score (nSPS) is 11.6. The maximum atomic E-state index is 14.4. The molecule has 3 aromatic rings. The van der Waals surface area contributed by atoms with E-state index in [0.717, 1.165) is 10.0 Å². The predicted molar refractivity (Wildman–Crippen MR) is 80.3 cm³/mol. The molecule has 0 bridgehead atoms. The molecule has 0 aliphatic heterocycles. The highest BCUT2D eigenvalue weighted by atomic mass is 32.2. The van der Waals surface area contributed by atoms with E-state index >= 15 is 0 Å². The summed E-state index contributed by atoms with van der Waals surface area (Å²) in [6.45, 7) is 1.48. The zero-order valence-electron chi connectivity index (χ0n) is 11.9. The molecule has 23 heavy (non-hydrogen) atoms. The summed E-state index contributed by atoms with van der Waals surface area (Å²) in [6.07, 6.45) is 0. The SMILES string of the molecule is Cc1cc2cc(C#N)c(F)c(F)c2n1S(=O)(=O)c1ccccc1. The summed E-state index contributed by atoms with van der Waals surface area (Å²) < 4.78 is 54.5. The van der Waals surface area contributed by atoms with Crippen molar-refractivity contribution in [3.8, 4) is 6.07 Å². The van der Waals surface area contributed by atoms with E-state index in [-0.39, 0.29) is 16.0 Å². The first-order chi connectivity index (χ1) is 10.9. The van der Waals surface area contributed by atoms with Crippen LogP contribution in [0, 0.1) is 29.9 Å². The van der Waals surface area contributed by atoms with Crippen LogP contribution in [-0.2, 0) is 10.0 Å². The number of fused-ring (bicyclic) bond motifs is 1. The van der Waals surface area contributed by atoms with Gasteiger partial charge >= 0.3 is 0 Å². The Balaban J connectivity index is 2.42. The molecule has 116 valence electrons. The highest BCUT2D eigenvalue weighted by molar-refractivity contribution is 7.90. The third-order valence-electron chi connectivity index (χ3n) is 3.50. The van der Waals surface area contributed by atoms with Crippen molar-refractivity contribution in [2.75, 3.05) is 0 Å². The number of halogens is 2. The molecule has 0 radical (unpaired) electrons. The van der Waals surface area contributed by atoms with E-state index in [9.17, 15) is 17.2 Å². The van der Waals surface area contributed by atoms with E-state index in [0.29, 0.717) is 0 Å². The Labute approximate surface area is 131 Å². The minimum Gasteiger partial charge on any atom is -0.235 e. The van der Waals surface area contributed by atoms with Crippen molar-refractivity contribution in [2.24, 2.45) is 0 Å². The summed E-state index contributed by atoms with van der Waals surface area (Å²) in [5.74, 6) is -2.71. The first-order valence-corrected chi connectivity index (χ1v) is 8.02. The lowest BCUT2D eigenvalue weighted by Gasteiger charge is -2.10. The summed E-state index contributed by atoms with van der Waals surface area (Å²) in [5, 5.41) is 8.99. The van der Waals surface area contributed by atoms with Crippen molar-refractivity contribution in [2.45, 2.75) is 11.8 Å². The lowest BCUT2D eigenvalue weighted by molar-refractivity contribution is 0.511. The number of aromatic nitrogens is 1. The molecule has 2 aromatic carbocycles. The van der Waals surface area contributed by atoms with Crippen LogP contribution >= 0.6 is 0 Å². The van der Waals surface area contributed by atoms with Gasteiger partial charge in [0.1, 0.15) is 11.6 Å². The van der Waals surface area contributed by atoms with Gasteiger partial charge in [0.2, 0.25) is 0 Å². The third-order valence-corrected chi connectivity index (χ3v) is 5.32. The Morgan fingerprint density at radius 1 is 1.09 bits per heavy atom. The molecule has 1 heterocycles. The van der Waals surface area contributed by atoms with Crippen molar-refractivity contribution in [1.82, 2.24) is 3.97 Å². The average Bonchev–Trinajstić information content (AvgIpc) is 2.88. The Hall–Kier alpha value is -2.72. The highest BCUT2D eigenvalue weighted by Crippen LogP contribution is 2.30. The first-order valence-electron chi connectivity index (χ1n) is 6.58. The topological polar surface area (TPSA) is 62.9 Å². The van der Waals surface area contributed by atoms with Crippen molar-refractivity contribution in [3.05, 3.63) is 65.4 Å². The van der Waals surface area contributed by atoms with E-state index in [4.69, 9.17) is 5.26 Å². The van der Waals surface area contributed by atoms with Gasteiger partial charge in [-0.3, -0.25) is 0 Å². The summed E-state index contributed by atoms with van der Waals surface area (Å²) in [7, 11) is -4.08. The van der Waals surface area contributed by atoms with Crippen LogP contribution in [0.3, 0.4) is 0 Å². The van der Waals surface area contributed by atoms with E-state index < -0.39 is 32.7 Å². The van der Waals surface area contributed by atoms with Gasteiger partial charge < -0.3 is 0 Å². The lowest BCUT2D eigenvalue weighted by Crippen LogP contribution is -2.15. The van der Waals surface area contributed by atoms with E-state index in [2.05, 4.69) is 0 Å². The fourth-order valence-electron chi connectivity index (χ4n) is 2.50. The van der Waals surface area contributed by atoms with Crippen LogP contribution in [0.25, 0.3) is 10.9 Å². The molecule has 0 unspecified atom stereocenters. The monoisotopic (exact) mass is 332 g/mol. The molecular formula is C16H10F2N2O2S. The summed E-state index contributed by atoms with van der Waals surface area (Å²) in [4.78, 5) is -0.0373. The van der Waals surface area contributed by atoms with Gasteiger partial charge in [-0.2, -0.15) is 5.26 Å². The number of rotatable bonds is 2. The molecule has 0 fully saturated rings. The van der Waals surface area contributed by atoms with E-state index in [1.54, 1.807) is 24.3 Å². The summed E-state index contributed by atoms with van der Waals surface area (Å²) in [5.41, 5.74) is -0.649. The first kappa shape index (κ1) is 15.2. The fraction of sp³-hybridized carbons (Fsp3) is 0.0625. The van der Waals surface area contributed by atoms with Crippen molar-refractivity contribution < 1.29 is 17.2 Å². The van der Waals surface area contributed by atoms with Crippen LogP contribution < -0.4 is 0 Å². The van der Waals surface area contributed by atoms with Crippen LogP contribution in [0.5, 0.6) is 0 Å². The number of nitriles is 1. The minimum absolute atomic E-state index is 0.0373. The van der Waals surface area contributed by atoms with Crippen molar-refractivity contribution in [1.29, 1.82) is 5.26 Å². The van der Waals surface area contributed by atoms with Crippen LogP contribution in [0.4, 0.5) is 8.78 Å². The molecule has 3 rings (SSSR count). The minimum atomic E-state index is -4.08. The standard InChI is InChI=1S/C16H10F2N2O2S/c1-10-7-11-8-12(9-19)14(17)15(18)16(11)20(10)23(21,22)13-5-3-2-4-6-13/h2-8H,1H3. The van der Waals surface area contributed by atoms with Crippen LogP contribution in [0.15, 0.2) is 47.4 Å². The molecule has 7 heteroatoms. The number of hydrogen-bond donors (Lipinski definition) is 0. The van der Waals surface area contributed by atoms with E-state index in [1.807, 2.05) is 0 Å². The van der Waals surface area contributed by atoms with E-state index in [1.165, 1.54) is 25.1 Å². The predicted octanol–water partition coefficient (Wildman–Crippen LogP) is 3.34.